The summed E-state index contributed by atoms with van der Waals surface area (Å²) in [4.78, 5) is 14.2. The van der Waals surface area contributed by atoms with Gasteiger partial charge in [0.1, 0.15) is 0 Å². The molecule has 2 aromatic carbocycles. The van der Waals surface area contributed by atoms with Crippen LogP contribution in [0.2, 0.25) is 0 Å². The van der Waals surface area contributed by atoms with Crippen LogP contribution in [0.5, 0.6) is 0 Å². The lowest BCUT2D eigenvalue weighted by Crippen LogP contribution is -2.37. The largest absolute Gasteiger partial charge is 0.485 e. The van der Waals surface area contributed by atoms with Gasteiger partial charge in [-0.15, -0.1) is 0 Å². The van der Waals surface area contributed by atoms with Gasteiger partial charge in [-0.2, -0.15) is 0 Å². The lowest BCUT2D eigenvalue weighted by Gasteiger charge is -2.05. The minimum atomic E-state index is -1.90. The van der Waals surface area contributed by atoms with E-state index in [2.05, 4.69) is 23.2 Å². The third-order valence-electron chi connectivity index (χ3n) is 3.54. The lowest BCUT2D eigenvalue weighted by molar-refractivity contribution is 0.218. The van der Waals surface area contributed by atoms with E-state index in [1.165, 1.54) is 0 Å². The molecule has 3 aromatic rings. The molecule has 0 spiro atoms. The Bertz CT molecular complexity index is 783. The monoisotopic (exact) mass is 295 g/mol. The maximum Gasteiger partial charge on any atom is 0.286 e. The molecular formula is C16H15N2O2Si. The van der Waals surface area contributed by atoms with Crippen LogP contribution in [0.4, 0.5) is 4.79 Å². The van der Waals surface area contributed by atoms with Crippen LogP contribution >= 0.6 is 0 Å². The topological polar surface area (TPSA) is 79.1 Å². The van der Waals surface area contributed by atoms with Crippen LogP contribution in [0.25, 0.3) is 22.0 Å². The van der Waals surface area contributed by atoms with Gasteiger partial charge in [-0.3, -0.25) is 4.79 Å². The van der Waals surface area contributed by atoms with Crippen molar-refractivity contribution in [3.63, 3.8) is 0 Å². The van der Waals surface area contributed by atoms with Gasteiger partial charge in [0, 0.05) is 17.1 Å². The summed E-state index contributed by atoms with van der Waals surface area (Å²) in [7, 11) is -1.90. The highest BCUT2D eigenvalue weighted by Gasteiger charge is 2.19. The summed E-state index contributed by atoms with van der Waals surface area (Å²) in [6.45, 7) is 0. The molecule has 0 aliphatic rings. The minimum Gasteiger partial charge on any atom is -0.485 e. The zero-order chi connectivity index (χ0) is 14.8. The molecule has 0 bridgehead atoms. The number of aromatic amines is 1. The predicted molar refractivity (Wildman–Crippen MR) is 85.4 cm³/mol. The Balaban J connectivity index is 2.06. The Kier molecular flexibility index (Phi) is 3.60. The fraction of sp³-hybridized carbons (Fsp3) is 0.0625. The molecule has 0 unspecified atom stereocenters. The van der Waals surface area contributed by atoms with Gasteiger partial charge < -0.3 is 15.5 Å². The van der Waals surface area contributed by atoms with Gasteiger partial charge in [0.05, 0.1) is 5.52 Å². The smallest absolute Gasteiger partial charge is 0.286 e. The molecule has 0 aliphatic carbocycles. The molecular weight excluding hydrogens is 280 g/mol. The summed E-state index contributed by atoms with van der Waals surface area (Å²) >= 11 is 0. The van der Waals surface area contributed by atoms with E-state index in [4.69, 9.17) is 10.5 Å². The first-order valence-corrected chi connectivity index (χ1v) is 8.44. The molecule has 1 aromatic heterocycles. The summed E-state index contributed by atoms with van der Waals surface area (Å²) in [6, 6.07) is 16.6. The summed E-state index contributed by atoms with van der Waals surface area (Å²) in [5.74, 6) is 0. The average molecular weight is 295 g/mol. The molecule has 4 nitrogen and oxygen atoms in total. The quantitative estimate of drug-likeness (QED) is 0.647. The van der Waals surface area contributed by atoms with Crippen LogP contribution in [0.1, 0.15) is 5.56 Å². The highest BCUT2D eigenvalue weighted by Crippen LogP contribution is 2.29. The van der Waals surface area contributed by atoms with Crippen molar-refractivity contribution < 1.29 is 9.90 Å². The van der Waals surface area contributed by atoms with Crippen LogP contribution in [0.3, 0.4) is 0 Å². The van der Waals surface area contributed by atoms with Crippen LogP contribution in [0, 0.1) is 0 Å². The summed E-state index contributed by atoms with van der Waals surface area (Å²) in [5.41, 5.74) is 3.36. The number of benzene rings is 2. The van der Waals surface area contributed by atoms with Crippen LogP contribution in [-0.2, 0) is 6.04 Å². The number of hydrogen-bond donors (Lipinski definition) is 3. The minimum absolute atomic E-state index is 0.415. The van der Waals surface area contributed by atoms with Crippen molar-refractivity contribution in [3.8, 4) is 11.1 Å². The van der Waals surface area contributed by atoms with Gasteiger partial charge >= 0.3 is 0 Å². The van der Waals surface area contributed by atoms with E-state index in [-0.39, 0.29) is 0 Å². The zero-order valence-corrected chi connectivity index (χ0v) is 12.3. The highest BCUT2D eigenvalue weighted by molar-refractivity contribution is 6.85. The first kappa shape index (κ1) is 13.6. The molecule has 105 valence electrons. The third kappa shape index (κ3) is 2.61. The number of hydrogen-bond acceptors (Lipinski definition) is 2. The number of rotatable bonds is 4. The van der Waals surface area contributed by atoms with Crippen molar-refractivity contribution in [1.29, 1.82) is 0 Å². The molecule has 0 saturated heterocycles. The van der Waals surface area contributed by atoms with Crippen molar-refractivity contribution in [3.05, 3.63) is 60.3 Å². The van der Waals surface area contributed by atoms with Crippen LogP contribution < -0.4 is 5.40 Å². The standard InChI is InChI=1S/C16H15N2O2Si/c17-21(16(19)20)10-12-9-18-15-13(7-4-8-14(12)15)11-5-2-1-3-6-11/h1-9,18H,10,17H2,(H,19,20). The average Bonchev–Trinajstić information content (AvgIpc) is 2.91. The molecule has 0 atom stereocenters. The van der Waals surface area contributed by atoms with Crippen molar-refractivity contribution in [2.24, 2.45) is 5.40 Å². The van der Waals surface area contributed by atoms with E-state index in [1.54, 1.807) is 0 Å². The summed E-state index contributed by atoms with van der Waals surface area (Å²) in [5, 5.41) is 15.8. The number of aromatic nitrogens is 1. The van der Waals surface area contributed by atoms with Gasteiger partial charge in [0.2, 0.25) is 0 Å². The maximum absolute atomic E-state index is 11.0. The molecule has 0 saturated carbocycles. The van der Waals surface area contributed by atoms with Gasteiger partial charge in [-0.05, 0) is 17.2 Å². The Labute approximate surface area is 123 Å². The molecule has 1 radical (unpaired) electrons. The third-order valence-corrected chi connectivity index (χ3v) is 4.85. The normalized spacial score (nSPS) is 11.1. The second kappa shape index (κ2) is 5.55. The van der Waals surface area contributed by atoms with Crippen LogP contribution in [0.15, 0.2) is 54.7 Å². The number of carbonyl (C=O) groups is 1. The van der Waals surface area contributed by atoms with Crippen molar-refractivity contribution >= 4 is 25.5 Å². The molecule has 21 heavy (non-hydrogen) atoms. The van der Waals surface area contributed by atoms with Gasteiger partial charge in [-0.25, -0.2) is 0 Å². The van der Waals surface area contributed by atoms with E-state index >= 15 is 0 Å². The fourth-order valence-corrected chi connectivity index (χ4v) is 3.35. The number of nitrogens with one attached hydrogen (secondary N) is 1. The second-order valence-corrected chi connectivity index (χ2v) is 6.75. The first-order valence-electron chi connectivity index (χ1n) is 6.66. The van der Waals surface area contributed by atoms with Gasteiger partial charge in [-0.1, -0.05) is 48.5 Å². The Hall–Kier alpha value is -2.37. The SMILES string of the molecule is N[Si](Cc1c[nH]c2c(-c3ccccc3)cccc12)C(=O)O. The van der Waals surface area contributed by atoms with Gasteiger partial charge in [0.25, 0.3) is 14.6 Å². The number of carboxylic acid groups (broad SMARTS) is 1. The first-order chi connectivity index (χ1) is 10.2. The number of nitrogens with two attached hydrogens (primary N) is 1. The zero-order valence-electron chi connectivity index (χ0n) is 11.3. The highest BCUT2D eigenvalue weighted by atomic mass is 28.3. The molecule has 1 heterocycles. The number of para-hydroxylation sites is 1. The lowest BCUT2D eigenvalue weighted by atomic mass is 10.0. The Morgan fingerprint density at radius 3 is 2.62 bits per heavy atom. The Morgan fingerprint density at radius 2 is 1.90 bits per heavy atom. The van der Waals surface area contributed by atoms with Crippen molar-refractivity contribution in [1.82, 2.24) is 4.98 Å². The van der Waals surface area contributed by atoms with E-state index in [9.17, 15) is 4.79 Å². The molecule has 3 rings (SSSR count). The maximum atomic E-state index is 11.0. The molecule has 0 aliphatic heterocycles. The summed E-state index contributed by atoms with van der Waals surface area (Å²) < 4.78 is 0. The molecule has 4 N–H and O–H groups in total. The number of H-pyrrole nitrogens is 1. The predicted octanol–water partition coefficient (Wildman–Crippen LogP) is 3.13. The van der Waals surface area contributed by atoms with E-state index in [0.717, 1.165) is 27.6 Å². The van der Waals surface area contributed by atoms with Crippen molar-refractivity contribution in [2.75, 3.05) is 0 Å². The van der Waals surface area contributed by atoms with Crippen LogP contribution in [-0.4, -0.2) is 24.6 Å². The van der Waals surface area contributed by atoms with E-state index in [1.807, 2.05) is 36.5 Å². The Morgan fingerprint density at radius 1 is 1.14 bits per heavy atom. The fourth-order valence-electron chi connectivity index (χ4n) is 2.50. The summed E-state index contributed by atoms with van der Waals surface area (Å²) in [6.07, 6.45) is 1.87. The molecule has 5 heteroatoms. The van der Waals surface area contributed by atoms with Gasteiger partial charge in [0.15, 0.2) is 0 Å². The van der Waals surface area contributed by atoms with E-state index in [0.29, 0.717) is 6.04 Å². The number of fused-ring (bicyclic) bond motifs is 1. The van der Waals surface area contributed by atoms with Crippen molar-refractivity contribution in [2.45, 2.75) is 6.04 Å². The van der Waals surface area contributed by atoms with E-state index < -0.39 is 14.6 Å². The molecule has 0 fully saturated rings. The second-order valence-electron chi connectivity index (χ2n) is 4.92. The molecule has 0 amide bonds.